The van der Waals surface area contributed by atoms with Gasteiger partial charge in [0.1, 0.15) is 0 Å². The molecule has 2 nitrogen and oxygen atoms in total. The van der Waals surface area contributed by atoms with Gasteiger partial charge in [-0.1, -0.05) is 20.3 Å². The van der Waals surface area contributed by atoms with Crippen LogP contribution in [0.4, 0.5) is 0 Å². The average molecular weight is 137 g/mol. The highest BCUT2D eigenvalue weighted by Gasteiger charge is 2.09. The van der Waals surface area contributed by atoms with Gasteiger partial charge in [0.2, 0.25) is 0 Å². The predicted molar refractivity (Wildman–Crippen MR) is 42.8 cm³/mol. The lowest BCUT2D eigenvalue weighted by Gasteiger charge is -2.05. The molecule has 2 heteroatoms. The van der Waals surface area contributed by atoms with Crippen molar-refractivity contribution in [1.82, 2.24) is 5.43 Å². The third-order valence-electron chi connectivity index (χ3n) is 1.71. The smallest absolute Gasteiger partial charge is 0.0674 e. The van der Waals surface area contributed by atoms with E-state index in [9.17, 15) is 0 Å². The number of hydrogen-bond acceptors (Lipinski definition) is 1. The molecule has 0 bridgehead atoms. The van der Waals surface area contributed by atoms with Crippen molar-refractivity contribution in [3.05, 3.63) is 12.3 Å². The Hall–Kier alpha value is -0.790. The van der Waals surface area contributed by atoms with Crippen molar-refractivity contribution in [3.63, 3.8) is 0 Å². The van der Waals surface area contributed by atoms with Gasteiger partial charge in [0.05, 0.1) is 11.9 Å². The predicted octanol–water partition coefficient (Wildman–Crippen LogP) is 1.91. The van der Waals surface area contributed by atoms with Gasteiger partial charge in [0.15, 0.2) is 0 Å². The van der Waals surface area contributed by atoms with Gasteiger partial charge >= 0.3 is 0 Å². The van der Waals surface area contributed by atoms with Crippen LogP contribution in [0.2, 0.25) is 0 Å². The second-order valence-electron chi connectivity index (χ2n) is 2.65. The van der Waals surface area contributed by atoms with Gasteiger partial charge in [0.25, 0.3) is 0 Å². The molecule has 0 saturated carbocycles. The standard InChI is InChI=1S/C8H13N2/c1-3-4-7(2)8-5-6-9-10-8/h5-7H,3-4H2,1-2H3. The first-order valence-electron chi connectivity index (χ1n) is 3.79. The van der Waals surface area contributed by atoms with Crippen LogP contribution in [0.15, 0.2) is 17.4 Å². The first-order chi connectivity index (χ1) is 4.84. The summed E-state index contributed by atoms with van der Waals surface area (Å²) >= 11 is 0. The van der Waals surface area contributed by atoms with Crippen molar-refractivity contribution in [2.75, 3.05) is 0 Å². The van der Waals surface area contributed by atoms with Crippen LogP contribution in [0.1, 0.15) is 26.7 Å². The molecule has 0 fully saturated rings. The minimum absolute atomic E-state index is 0.576. The topological polar surface area (TPSA) is 26.5 Å². The zero-order valence-corrected chi connectivity index (χ0v) is 6.54. The molecule has 0 aromatic rings. The quantitative estimate of drug-likeness (QED) is 0.568. The highest BCUT2D eigenvalue weighted by atomic mass is 15.3. The van der Waals surface area contributed by atoms with Crippen molar-refractivity contribution >= 4 is 5.71 Å². The zero-order chi connectivity index (χ0) is 7.40. The summed E-state index contributed by atoms with van der Waals surface area (Å²) in [5.74, 6) is 0.576. The molecule has 1 radical (unpaired) electrons. The molecule has 55 valence electrons. The van der Waals surface area contributed by atoms with Crippen molar-refractivity contribution in [2.24, 2.45) is 11.0 Å². The van der Waals surface area contributed by atoms with Gasteiger partial charge in [-0.2, -0.15) is 10.5 Å². The third-order valence-corrected chi connectivity index (χ3v) is 1.71. The van der Waals surface area contributed by atoms with Gasteiger partial charge in [-0.15, -0.1) is 0 Å². The molecule has 0 N–H and O–H groups in total. The van der Waals surface area contributed by atoms with Gasteiger partial charge in [-0.25, -0.2) is 0 Å². The van der Waals surface area contributed by atoms with Crippen LogP contribution in [0.5, 0.6) is 0 Å². The summed E-state index contributed by atoms with van der Waals surface area (Å²) in [5, 5.41) is 3.98. The van der Waals surface area contributed by atoms with E-state index in [2.05, 4.69) is 24.4 Å². The molecular weight excluding hydrogens is 124 g/mol. The van der Waals surface area contributed by atoms with Gasteiger partial charge < -0.3 is 0 Å². The van der Waals surface area contributed by atoms with Gasteiger partial charge in [0, 0.05) is 5.92 Å². The van der Waals surface area contributed by atoms with Crippen LogP contribution in [0.25, 0.3) is 0 Å². The van der Waals surface area contributed by atoms with E-state index in [1.54, 1.807) is 6.20 Å². The fourth-order valence-corrected chi connectivity index (χ4v) is 1.09. The first kappa shape index (κ1) is 7.32. The summed E-state index contributed by atoms with van der Waals surface area (Å²) in [4.78, 5) is 0. The summed E-state index contributed by atoms with van der Waals surface area (Å²) in [6.45, 7) is 4.38. The van der Waals surface area contributed by atoms with Crippen LogP contribution in [0.3, 0.4) is 0 Å². The molecule has 1 rings (SSSR count). The second kappa shape index (κ2) is 3.40. The maximum absolute atomic E-state index is 3.98. The molecule has 1 atom stereocenters. The van der Waals surface area contributed by atoms with Crippen molar-refractivity contribution in [3.8, 4) is 0 Å². The third kappa shape index (κ3) is 1.59. The summed E-state index contributed by atoms with van der Waals surface area (Å²) in [5.41, 5.74) is 4.90. The van der Waals surface area contributed by atoms with Crippen molar-refractivity contribution in [1.29, 1.82) is 0 Å². The average Bonchev–Trinajstić information content (AvgIpc) is 2.38. The summed E-state index contributed by atoms with van der Waals surface area (Å²) in [6.07, 6.45) is 6.16. The number of hydrogen-bond donors (Lipinski definition) is 0. The van der Waals surface area contributed by atoms with Crippen LogP contribution < -0.4 is 5.43 Å². The Balaban J connectivity index is 2.40. The lowest BCUT2D eigenvalue weighted by molar-refractivity contribution is 0.666. The maximum Gasteiger partial charge on any atom is 0.0674 e. The lowest BCUT2D eigenvalue weighted by Crippen LogP contribution is -2.06. The molecule has 0 aromatic heterocycles. The Bertz CT molecular complexity index is 159. The fourth-order valence-electron chi connectivity index (χ4n) is 1.09. The normalized spacial score (nSPS) is 18.4. The Kier molecular flexibility index (Phi) is 2.49. The van der Waals surface area contributed by atoms with E-state index in [1.165, 1.54) is 12.8 Å². The molecule has 0 amide bonds. The molecule has 1 aliphatic rings. The van der Waals surface area contributed by atoms with Gasteiger partial charge in [-0.05, 0) is 12.5 Å². The maximum atomic E-state index is 3.98. The summed E-state index contributed by atoms with van der Waals surface area (Å²) in [6, 6.07) is 0. The Morgan fingerprint density at radius 2 is 2.40 bits per heavy atom. The fraction of sp³-hybridized carbons (Fsp3) is 0.625. The molecule has 0 aliphatic carbocycles. The highest BCUT2D eigenvalue weighted by molar-refractivity contribution is 5.97. The Morgan fingerprint density at radius 3 is 2.90 bits per heavy atom. The summed E-state index contributed by atoms with van der Waals surface area (Å²) < 4.78 is 0. The molecule has 0 aromatic carbocycles. The summed E-state index contributed by atoms with van der Waals surface area (Å²) in [7, 11) is 0. The van der Waals surface area contributed by atoms with Crippen LogP contribution in [0, 0.1) is 5.92 Å². The molecule has 0 spiro atoms. The van der Waals surface area contributed by atoms with Crippen LogP contribution in [-0.4, -0.2) is 5.71 Å². The van der Waals surface area contributed by atoms with Crippen molar-refractivity contribution < 1.29 is 0 Å². The van der Waals surface area contributed by atoms with E-state index >= 15 is 0 Å². The second-order valence-corrected chi connectivity index (χ2v) is 2.65. The van der Waals surface area contributed by atoms with Gasteiger partial charge in [-0.3, -0.25) is 0 Å². The van der Waals surface area contributed by atoms with E-state index in [-0.39, 0.29) is 0 Å². The molecule has 1 heterocycles. The number of allylic oxidation sites excluding steroid dienone is 1. The lowest BCUT2D eigenvalue weighted by atomic mass is 10.0. The zero-order valence-electron chi connectivity index (χ0n) is 6.54. The van der Waals surface area contributed by atoms with E-state index in [1.807, 2.05) is 6.08 Å². The number of nitrogens with zero attached hydrogens (tertiary/aromatic N) is 2. The van der Waals surface area contributed by atoms with E-state index in [4.69, 9.17) is 0 Å². The highest BCUT2D eigenvalue weighted by Crippen LogP contribution is 2.10. The van der Waals surface area contributed by atoms with E-state index < -0.39 is 0 Å². The molecule has 1 unspecified atom stereocenters. The monoisotopic (exact) mass is 137 g/mol. The van der Waals surface area contributed by atoms with Crippen molar-refractivity contribution in [2.45, 2.75) is 26.7 Å². The van der Waals surface area contributed by atoms with Crippen LogP contribution in [-0.2, 0) is 0 Å². The Labute approximate surface area is 62.0 Å². The Morgan fingerprint density at radius 1 is 1.60 bits per heavy atom. The van der Waals surface area contributed by atoms with E-state index in [0.717, 1.165) is 5.71 Å². The first-order valence-corrected chi connectivity index (χ1v) is 3.79. The molecule has 1 aliphatic heterocycles. The SMILES string of the molecule is CCCC(C)C1=N[N]C=C1. The van der Waals surface area contributed by atoms with Crippen LogP contribution >= 0.6 is 0 Å². The largest absolute Gasteiger partial charge is 0.159 e. The molecule has 0 saturated heterocycles. The molecular formula is C8H13N2. The van der Waals surface area contributed by atoms with E-state index in [0.29, 0.717) is 5.92 Å². The number of rotatable bonds is 3. The minimum atomic E-state index is 0.576. The molecule has 10 heavy (non-hydrogen) atoms. The minimum Gasteiger partial charge on any atom is -0.159 e.